The van der Waals surface area contributed by atoms with Gasteiger partial charge >= 0.3 is 6.18 Å². The summed E-state index contributed by atoms with van der Waals surface area (Å²) in [5, 5.41) is 8.20. The van der Waals surface area contributed by atoms with Crippen molar-refractivity contribution in [2.75, 3.05) is 4.90 Å². The normalized spacial score (nSPS) is 15.2. The van der Waals surface area contributed by atoms with E-state index in [0.29, 0.717) is 12.1 Å². The van der Waals surface area contributed by atoms with E-state index in [1.807, 2.05) is 37.4 Å². The summed E-state index contributed by atoms with van der Waals surface area (Å²) in [5.41, 5.74) is 1.78. The minimum absolute atomic E-state index is 0.128. The van der Waals surface area contributed by atoms with Gasteiger partial charge in [0.2, 0.25) is 0 Å². The Bertz CT molecular complexity index is 1570. The number of fused-ring (bicyclic) bond motifs is 1. The van der Waals surface area contributed by atoms with E-state index in [2.05, 4.69) is 10.2 Å². The number of pyridine rings is 1. The molecule has 3 heterocycles. The largest absolute Gasteiger partial charge is 0.416 e. The molecular formula is C27H20F3N5O2. The van der Waals surface area contributed by atoms with Crippen molar-refractivity contribution in [2.45, 2.75) is 31.5 Å². The van der Waals surface area contributed by atoms with Crippen molar-refractivity contribution in [3.05, 3.63) is 82.8 Å². The first-order valence-corrected chi connectivity index (χ1v) is 11.7. The van der Waals surface area contributed by atoms with Crippen molar-refractivity contribution in [3.8, 4) is 22.5 Å². The van der Waals surface area contributed by atoms with E-state index in [4.69, 9.17) is 4.98 Å². The molecule has 6 rings (SSSR count). The van der Waals surface area contributed by atoms with E-state index in [0.717, 1.165) is 41.3 Å². The van der Waals surface area contributed by atoms with Gasteiger partial charge < -0.3 is 4.57 Å². The lowest BCUT2D eigenvalue weighted by atomic mass is 9.98. The van der Waals surface area contributed by atoms with Gasteiger partial charge in [0.1, 0.15) is 18.4 Å². The summed E-state index contributed by atoms with van der Waals surface area (Å²) < 4.78 is 43.2. The number of aryl methyl sites for hydroxylation is 1. The maximum Gasteiger partial charge on any atom is 0.416 e. The molecule has 0 bridgehead atoms. The van der Waals surface area contributed by atoms with E-state index in [1.165, 1.54) is 11.0 Å². The number of alkyl halides is 3. The van der Waals surface area contributed by atoms with Crippen molar-refractivity contribution < 1.29 is 22.8 Å². The van der Waals surface area contributed by atoms with Crippen LogP contribution in [0.5, 0.6) is 0 Å². The van der Waals surface area contributed by atoms with Crippen LogP contribution in [-0.4, -0.2) is 31.9 Å². The Morgan fingerprint density at radius 3 is 2.43 bits per heavy atom. The Kier molecular flexibility index (Phi) is 5.22. The predicted molar refractivity (Wildman–Crippen MR) is 129 cm³/mol. The SMILES string of the molecule is Cn1cnnc1-c1ccccc1-c1cc(C2CC2)nc(N2Cc3c(cc(C=O)cc3C(F)(F)F)C2=O)c1. The standard InChI is InChI=1S/C27H20F3N5O2/c1-34-14-31-33-25(34)19-5-3-2-4-18(19)17-10-23(16-6-7-16)32-24(11-17)35-12-21-20(26(35)37)8-15(13-36)9-22(21)27(28,29)30/h2-5,8-11,13-14,16H,6-7,12H2,1H3. The lowest BCUT2D eigenvalue weighted by molar-refractivity contribution is -0.138. The van der Waals surface area contributed by atoms with Crippen LogP contribution in [0.2, 0.25) is 0 Å². The molecular weight excluding hydrogens is 483 g/mol. The summed E-state index contributed by atoms with van der Waals surface area (Å²) in [5.74, 6) is 0.544. The quantitative estimate of drug-likeness (QED) is 0.340. The molecule has 2 aromatic heterocycles. The smallest absolute Gasteiger partial charge is 0.317 e. The fourth-order valence-electron chi connectivity index (χ4n) is 4.81. The zero-order valence-electron chi connectivity index (χ0n) is 19.7. The number of hydrogen-bond donors (Lipinski definition) is 0. The molecule has 0 spiro atoms. The Labute approximate surface area is 209 Å². The van der Waals surface area contributed by atoms with E-state index in [-0.39, 0.29) is 35.0 Å². The molecule has 1 aliphatic carbocycles. The summed E-state index contributed by atoms with van der Waals surface area (Å²) in [6, 6.07) is 13.3. The number of aromatic nitrogens is 4. The number of nitrogens with zero attached hydrogens (tertiary/aromatic N) is 5. The molecule has 2 aliphatic rings. The molecule has 1 aliphatic heterocycles. The maximum atomic E-state index is 13.8. The van der Waals surface area contributed by atoms with Gasteiger partial charge in [0.25, 0.3) is 5.91 Å². The van der Waals surface area contributed by atoms with Crippen LogP contribution in [0.15, 0.2) is 54.9 Å². The van der Waals surface area contributed by atoms with Gasteiger partial charge in [0, 0.05) is 35.3 Å². The van der Waals surface area contributed by atoms with Gasteiger partial charge in [-0.3, -0.25) is 14.5 Å². The number of hydrogen-bond acceptors (Lipinski definition) is 5. The van der Waals surface area contributed by atoms with Crippen LogP contribution in [0.1, 0.15) is 56.3 Å². The number of rotatable bonds is 5. The maximum absolute atomic E-state index is 13.8. The highest BCUT2D eigenvalue weighted by Crippen LogP contribution is 2.44. The second-order valence-electron chi connectivity index (χ2n) is 9.33. The molecule has 10 heteroatoms. The van der Waals surface area contributed by atoms with Gasteiger partial charge in [-0.2, -0.15) is 13.2 Å². The van der Waals surface area contributed by atoms with Crippen molar-refractivity contribution in [1.82, 2.24) is 19.7 Å². The third-order valence-corrected chi connectivity index (χ3v) is 6.80. The average Bonchev–Trinajstić information content (AvgIpc) is 3.58. The molecule has 4 aromatic rings. The molecule has 0 saturated heterocycles. The third kappa shape index (κ3) is 3.98. The van der Waals surface area contributed by atoms with Gasteiger partial charge in [-0.25, -0.2) is 4.98 Å². The molecule has 186 valence electrons. The number of benzene rings is 2. The van der Waals surface area contributed by atoms with Crippen LogP contribution in [0.3, 0.4) is 0 Å². The number of halogens is 3. The summed E-state index contributed by atoms with van der Waals surface area (Å²) in [6.07, 6.45) is -0.876. The van der Waals surface area contributed by atoms with Crippen LogP contribution < -0.4 is 4.90 Å². The van der Waals surface area contributed by atoms with Crippen LogP contribution in [0.25, 0.3) is 22.5 Å². The molecule has 1 amide bonds. The van der Waals surface area contributed by atoms with Crippen molar-refractivity contribution in [3.63, 3.8) is 0 Å². The predicted octanol–water partition coefficient (Wildman–Crippen LogP) is 5.41. The summed E-state index contributed by atoms with van der Waals surface area (Å²) in [6.45, 7) is -0.284. The molecule has 37 heavy (non-hydrogen) atoms. The van der Waals surface area contributed by atoms with E-state index in [9.17, 15) is 22.8 Å². The Morgan fingerprint density at radius 2 is 1.78 bits per heavy atom. The fourth-order valence-corrected chi connectivity index (χ4v) is 4.81. The molecule has 2 aromatic carbocycles. The van der Waals surface area contributed by atoms with Gasteiger partial charge in [-0.1, -0.05) is 24.3 Å². The lowest BCUT2D eigenvalue weighted by Gasteiger charge is -2.19. The highest BCUT2D eigenvalue weighted by atomic mass is 19.4. The van der Waals surface area contributed by atoms with Gasteiger partial charge in [-0.15, -0.1) is 10.2 Å². The zero-order valence-corrected chi connectivity index (χ0v) is 19.7. The number of aldehydes is 1. The number of anilines is 1. The zero-order chi connectivity index (χ0) is 25.9. The number of carbonyl (C=O) groups excluding carboxylic acids is 2. The summed E-state index contributed by atoms with van der Waals surface area (Å²) >= 11 is 0. The minimum Gasteiger partial charge on any atom is -0.317 e. The van der Waals surface area contributed by atoms with Gasteiger partial charge in [0.05, 0.1) is 12.1 Å². The first-order chi connectivity index (χ1) is 17.7. The first-order valence-electron chi connectivity index (χ1n) is 11.7. The summed E-state index contributed by atoms with van der Waals surface area (Å²) in [4.78, 5) is 30.6. The molecule has 1 fully saturated rings. The van der Waals surface area contributed by atoms with Crippen LogP contribution in [-0.2, 0) is 19.8 Å². The highest BCUT2D eigenvalue weighted by molar-refractivity contribution is 6.11. The summed E-state index contributed by atoms with van der Waals surface area (Å²) in [7, 11) is 1.84. The Balaban J connectivity index is 1.49. The topological polar surface area (TPSA) is 81.0 Å². The van der Waals surface area contributed by atoms with E-state index >= 15 is 0 Å². The molecule has 0 N–H and O–H groups in total. The monoisotopic (exact) mass is 503 g/mol. The average molecular weight is 503 g/mol. The van der Waals surface area contributed by atoms with Crippen LogP contribution >= 0.6 is 0 Å². The van der Waals surface area contributed by atoms with E-state index in [1.54, 1.807) is 17.0 Å². The second kappa shape index (κ2) is 8.36. The Morgan fingerprint density at radius 1 is 1.03 bits per heavy atom. The highest BCUT2D eigenvalue weighted by Gasteiger charge is 2.41. The van der Waals surface area contributed by atoms with Crippen molar-refractivity contribution >= 4 is 18.0 Å². The fraction of sp³-hybridized carbons (Fsp3) is 0.222. The molecule has 0 atom stereocenters. The molecule has 7 nitrogen and oxygen atoms in total. The van der Waals surface area contributed by atoms with Gasteiger partial charge in [-0.05, 0) is 53.8 Å². The van der Waals surface area contributed by atoms with Crippen molar-refractivity contribution in [2.24, 2.45) is 7.05 Å². The second-order valence-corrected chi connectivity index (χ2v) is 9.33. The number of amides is 1. The van der Waals surface area contributed by atoms with Gasteiger partial charge in [0.15, 0.2) is 5.82 Å². The number of carbonyl (C=O) groups is 2. The van der Waals surface area contributed by atoms with Crippen molar-refractivity contribution in [1.29, 1.82) is 0 Å². The molecule has 0 radical (unpaired) electrons. The van der Waals surface area contributed by atoms with E-state index < -0.39 is 17.6 Å². The van der Waals surface area contributed by atoms with Crippen LogP contribution in [0, 0.1) is 0 Å². The third-order valence-electron chi connectivity index (χ3n) is 6.80. The minimum atomic E-state index is -4.71. The Hall–Kier alpha value is -4.34. The molecule has 0 unspecified atom stereocenters. The lowest BCUT2D eigenvalue weighted by Crippen LogP contribution is -2.24. The van der Waals surface area contributed by atoms with Crippen LogP contribution in [0.4, 0.5) is 19.0 Å². The first kappa shape index (κ1) is 23.1. The molecule has 1 saturated carbocycles.